The first-order chi connectivity index (χ1) is 9.43. The normalized spacial score (nSPS) is 28.0. The Bertz CT molecular complexity index is 342. The summed E-state index contributed by atoms with van der Waals surface area (Å²) in [5.41, 5.74) is 0. The van der Waals surface area contributed by atoms with Crippen molar-refractivity contribution in [2.75, 3.05) is 13.2 Å². The quantitative estimate of drug-likeness (QED) is 0.866. The molecule has 2 aliphatic carbocycles. The largest absolute Gasteiger partial charge is 0.395 e. The van der Waals surface area contributed by atoms with Gasteiger partial charge in [0.25, 0.3) is 0 Å². The zero-order valence-corrected chi connectivity index (χ0v) is 11.5. The third-order valence-corrected chi connectivity index (χ3v) is 4.63. The van der Waals surface area contributed by atoms with Crippen molar-refractivity contribution in [1.29, 1.82) is 0 Å². The van der Waals surface area contributed by atoms with Crippen LogP contribution in [0.15, 0.2) is 0 Å². The third-order valence-electron chi connectivity index (χ3n) is 4.63. The lowest BCUT2D eigenvalue weighted by Crippen LogP contribution is -2.49. The number of amides is 1. The van der Waals surface area contributed by atoms with Gasteiger partial charge in [-0.15, -0.1) is 0 Å². The minimum Gasteiger partial charge on any atom is -0.395 e. The molecule has 2 rings (SSSR count). The number of hydrogen-bond acceptors (Lipinski definition) is 2. The van der Waals surface area contributed by atoms with Crippen molar-refractivity contribution < 1.29 is 23.1 Å². The van der Waals surface area contributed by atoms with Crippen molar-refractivity contribution >= 4 is 5.91 Å². The van der Waals surface area contributed by atoms with Gasteiger partial charge in [-0.3, -0.25) is 4.79 Å². The molecule has 2 aliphatic rings. The summed E-state index contributed by atoms with van der Waals surface area (Å²) in [5, 5.41) is 9.06. The molecule has 2 atom stereocenters. The summed E-state index contributed by atoms with van der Waals surface area (Å²) in [6.45, 7) is 0.119. The van der Waals surface area contributed by atoms with Gasteiger partial charge in [-0.05, 0) is 38.5 Å². The molecule has 2 unspecified atom stereocenters. The van der Waals surface area contributed by atoms with E-state index in [-0.39, 0.29) is 37.9 Å². The molecule has 1 amide bonds. The van der Waals surface area contributed by atoms with Crippen molar-refractivity contribution in [3.8, 4) is 0 Å². The molecular weight excluding hydrogens is 271 g/mol. The van der Waals surface area contributed by atoms with Gasteiger partial charge in [-0.1, -0.05) is 6.42 Å². The minimum atomic E-state index is -4.20. The van der Waals surface area contributed by atoms with Crippen molar-refractivity contribution in [3.63, 3.8) is 0 Å². The van der Waals surface area contributed by atoms with Gasteiger partial charge >= 0.3 is 6.18 Å². The van der Waals surface area contributed by atoms with Crippen LogP contribution in [0.3, 0.4) is 0 Å². The Morgan fingerprint density at radius 1 is 1.15 bits per heavy atom. The molecule has 0 bridgehead atoms. The molecule has 0 aromatic rings. The summed E-state index contributed by atoms with van der Waals surface area (Å²) in [7, 11) is 0. The number of aliphatic hydroxyl groups excluding tert-OH is 1. The fourth-order valence-electron chi connectivity index (χ4n) is 3.22. The highest BCUT2D eigenvalue weighted by molar-refractivity contribution is 5.79. The average Bonchev–Trinajstić information content (AvgIpc) is 2.34. The smallest absolute Gasteiger partial charge is 0.391 e. The highest BCUT2D eigenvalue weighted by Crippen LogP contribution is 2.41. The van der Waals surface area contributed by atoms with Crippen LogP contribution in [0.2, 0.25) is 0 Å². The lowest BCUT2D eigenvalue weighted by atomic mass is 9.79. The number of rotatable bonds is 4. The van der Waals surface area contributed by atoms with Gasteiger partial charge in [-0.2, -0.15) is 13.2 Å². The van der Waals surface area contributed by atoms with E-state index >= 15 is 0 Å². The van der Waals surface area contributed by atoms with E-state index in [0.29, 0.717) is 12.8 Å². The number of hydrogen-bond donors (Lipinski definition) is 1. The molecule has 0 spiro atoms. The van der Waals surface area contributed by atoms with E-state index in [2.05, 4.69) is 0 Å². The second-order valence-corrected chi connectivity index (χ2v) is 5.94. The van der Waals surface area contributed by atoms with E-state index in [1.165, 1.54) is 0 Å². The van der Waals surface area contributed by atoms with Crippen LogP contribution in [0.5, 0.6) is 0 Å². The zero-order chi connectivity index (χ0) is 14.8. The number of nitrogens with zero attached hydrogens (tertiary/aromatic N) is 1. The van der Waals surface area contributed by atoms with E-state index in [4.69, 9.17) is 5.11 Å². The molecule has 0 aliphatic heterocycles. The SMILES string of the molecule is O=C(C1CCCC(C(F)(F)F)C1)N(CCO)C1CCC1. The van der Waals surface area contributed by atoms with Crippen molar-refractivity contribution in [3.05, 3.63) is 0 Å². The summed E-state index contributed by atoms with van der Waals surface area (Å²) in [4.78, 5) is 14.1. The molecule has 0 radical (unpaired) electrons. The summed E-state index contributed by atoms with van der Waals surface area (Å²) in [5.74, 6) is -2.05. The Morgan fingerprint density at radius 2 is 1.80 bits per heavy atom. The molecule has 3 nitrogen and oxygen atoms in total. The standard InChI is InChI=1S/C14H22F3NO2/c15-14(16,17)11-4-1-3-10(9-11)13(20)18(7-8-19)12-5-2-6-12/h10-12,19H,1-9H2. The van der Waals surface area contributed by atoms with E-state index in [9.17, 15) is 18.0 Å². The molecule has 2 saturated carbocycles. The minimum absolute atomic E-state index is 0.0863. The lowest BCUT2D eigenvalue weighted by molar-refractivity contribution is -0.187. The van der Waals surface area contributed by atoms with Crippen LogP contribution >= 0.6 is 0 Å². The van der Waals surface area contributed by atoms with E-state index in [0.717, 1.165) is 19.3 Å². The van der Waals surface area contributed by atoms with Gasteiger partial charge in [-0.25, -0.2) is 0 Å². The Kier molecular flexibility index (Phi) is 4.94. The van der Waals surface area contributed by atoms with Crippen LogP contribution in [0.4, 0.5) is 13.2 Å². The van der Waals surface area contributed by atoms with Crippen LogP contribution in [0.1, 0.15) is 44.9 Å². The van der Waals surface area contributed by atoms with Gasteiger partial charge in [0.15, 0.2) is 0 Å². The Morgan fingerprint density at radius 3 is 2.30 bits per heavy atom. The second-order valence-electron chi connectivity index (χ2n) is 5.94. The second kappa shape index (κ2) is 6.33. The highest BCUT2D eigenvalue weighted by atomic mass is 19.4. The summed E-state index contributed by atoms with van der Waals surface area (Å²) in [6, 6.07) is 0.126. The van der Waals surface area contributed by atoms with Gasteiger partial charge in [0.1, 0.15) is 0 Å². The Labute approximate surface area is 117 Å². The average molecular weight is 293 g/mol. The van der Waals surface area contributed by atoms with E-state index in [1.54, 1.807) is 4.90 Å². The van der Waals surface area contributed by atoms with Crippen LogP contribution in [0.25, 0.3) is 0 Å². The Balaban J connectivity index is 1.99. The first kappa shape index (κ1) is 15.6. The van der Waals surface area contributed by atoms with Crippen molar-refractivity contribution in [1.82, 2.24) is 4.90 Å². The van der Waals surface area contributed by atoms with Gasteiger partial charge in [0, 0.05) is 18.5 Å². The topological polar surface area (TPSA) is 40.5 Å². The predicted molar refractivity (Wildman–Crippen MR) is 67.9 cm³/mol. The van der Waals surface area contributed by atoms with Crippen molar-refractivity contribution in [2.45, 2.75) is 57.2 Å². The molecule has 0 aromatic carbocycles. The maximum Gasteiger partial charge on any atom is 0.391 e. The van der Waals surface area contributed by atoms with Crippen LogP contribution in [0, 0.1) is 11.8 Å². The molecule has 20 heavy (non-hydrogen) atoms. The van der Waals surface area contributed by atoms with Gasteiger partial charge < -0.3 is 10.0 Å². The molecule has 0 saturated heterocycles. The first-order valence-electron chi connectivity index (χ1n) is 7.41. The van der Waals surface area contributed by atoms with Gasteiger partial charge in [0.2, 0.25) is 5.91 Å². The number of aliphatic hydroxyl groups is 1. The van der Waals surface area contributed by atoms with Crippen LogP contribution in [-0.2, 0) is 4.79 Å². The fraction of sp³-hybridized carbons (Fsp3) is 0.929. The summed E-state index contributed by atoms with van der Waals surface area (Å²) >= 11 is 0. The number of carbonyl (C=O) groups is 1. The Hall–Kier alpha value is -0.780. The highest BCUT2D eigenvalue weighted by Gasteiger charge is 2.44. The first-order valence-corrected chi connectivity index (χ1v) is 7.41. The maximum absolute atomic E-state index is 12.8. The summed E-state index contributed by atoms with van der Waals surface area (Å²) < 4.78 is 38.4. The number of halogens is 3. The molecule has 1 N–H and O–H groups in total. The van der Waals surface area contributed by atoms with E-state index < -0.39 is 18.0 Å². The van der Waals surface area contributed by atoms with E-state index in [1.807, 2.05) is 0 Å². The molecule has 2 fully saturated rings. The molecular formula is C14H22F3NO2. The van der Waals surface area contributed by atoms with Gasteiger partial charge in [0.05, 0.1) is 12.5 Å². The monoisotopic (exact) mass is 293 g/mol. The van der Waals surface area contributed by atoms with Crippen LogP contribution < -0.4 is 0 Å². The molecule has 0 aromatic heterocycles. The van der Waals surface area contributed by atoms with Crippen molar-refractivity contribution in [2.24, 2.45) is 11.8 Å². The fourth-order valence-corrected chi connectivity index (χ4v) is 3.22. The maximum atomic E-state index is 12.8. The summed E-state index contributed by atoms with van der Waals surface area (Å²) in [6.07, 6.45) is -0.290. The predicted octanol–water partition coefficient (Wildman–Crippen LogP) is 2.73. The van der Waals surface area contributed by atoms with Crippen LogP contribution in [-0.4, -0.2) is 41.3 Å². The molecule has 6 heteroatoms. The number of alkyl halides is 3. The lowest BCUT2D eigenvalue weighted by Gasteiger charge is -2.40. The molecule has 116 valence electrons. The third kappa shape index (κ3) is 3.45. The molecule has 0 heterocycles. The zero-order valence-electron chi connectivity index (χ0n) is 11.5. The number of carbonyl (C=O) groups excluding carboxylic acids is 1.